The van der Waals surface area contributed by atoms with E-state index < -0.39 is 0 Å². The molecule has 1 nitrogen and oxygen atoms in total. The Bertz CT molecular complexity index is 718. The maximum atomic E-state index is 6.08. The Kier molecular flexibility index (Phi) is 3.45. The van der Waals surface area contributed by atoms with E-state index in [-0.39, 0.29) is 0 Å². The highest BCUT2D eigenvalue weighted by Crippen LogP contribution is 2.29. The van der Waals surface area contributed by atoms with Crippen LogP contribution in [0, 0.1) is 6.92 Å². The smallest absolute Gasteiger partial charge is 0.138 e. The summed E-state index contributed by atoms with van der Waals surface area (Å²) in [7, 11) is 0. The van der Waals surface area contributed by atoms with Gasteiger partial charge in [0.15, 0.2) is 0 Å². The van der Waals surface area contributed by atoms with Crippen molar-refractivity contribution in [3.63, 3.8) is 0 Å². The number of thiophene rings is 1. The summed E-state index contributed by atoms with van der Waals surface area (Å²) in [6.45, 7) is 2.66. The summed E-state index contributed by atoms with van der Waals surface area (Å²) < 4.78 is 7.10. The van der Waals surface area contributed by atoms with Crippen LogP contribution >= 0.6 is 22.9 Å². The van der Waals surface area contributed by atoms with Gasteiger partial charge in [0, 0.05) is 10.3 Å². The zero-order chi connectivity index (χ0) is 13.2. The first-order valence-corrected chi connectivity index (χ1v) is 7.34. The Morgan fingerprint density at radius 3 is 2.84 bits per heavy atom. The van der Waals surface area contributed by atoms with E-state index in [9.17, 15) is 0 Å². The second-order valence-electron chi connectivity index (χ2n) is 4.48. The van der Waals surface area contributed by atoms with E-state index in [2.05, 4.69) is 30.5 Å². The van der Waals surface area contributed by atoms with Gasteiger partial charge in [0.2, 0.25) is 0 Å². The lowest BCUT2D eigenvalue weighted by Crippen LogP contribution is -1.94. The maximum Gasteiger partial charge on any atom is 0.138 e. The molecule has 19 heavy (non-hydrogen) atoms. The molecule has 1 aromatic heterocycles. The molecule has 0 bridgehead atoms. The molecule has 3 aromatic rings. The lowest BCUT2D eigenvalue weighted by atomic mass is 10.1. The minimum atomic E-state index is 0.548. The van der Waals surface area contributed by atoms with Crippen LogP contribution in [0.5, 0.6) is 5.75 Å². The van der Waals surface area contributed by atoms with Crippen molar-refractivity contribution in [1.82, 2.24) is 0 Å². The largest absolute Gasteiger partial charge is 0.487 e. The number of rotatable bonds is 3. The quantitative estimate of drug-likeness (QED) is 0.623. The van der Waals surface area contributed by atoms with Crippen LogP contribution in [0.4, 0.5) is 0 Å². The van der Waals surface area contributed by atoms with Crippen molar-refractivity contribution < 1.29 is 4.74 Å². The van der Waals surface area contributed by atoms with Gasteiger partial charge in [-0.25, -0.2) is 0 Å². The standard InChI is InChI=1S/C16H13ClOS/c1-11-6-7-13-12(10-19-16(13)8-11)9-18-15-5-3-2-4-14(15)17/h2-8,10H,9H2,1H3. The minimum absolute atomic E-state index is 0.548. The first kappa shape index (κ1) is 12.5. The van der Waals surface area contributed by atoms with E-state index in [0.717, 1.165) is 5.75 Å². The Labute approximate surface area is 121 Å². The molecule has 96 valence electrons. The lowest BCUT2D eigenvalue weighted by Gasteiger charge is -2.07. The zero-order valence-electron chi connectivity index (χ0n) is 10.5. The number of benzene rings is 2. The van der Waals surface area contributed by atoms with Crippen molar-refractivity contribution in [3.05, 3.63) is 64.0 Å². The summed E-state index contributed by atoms with van der Waals surface area (Å²) in [6, 6.07) is 14.1. The number of ether oxygens (including phenoxy) is 1. The van der Waals surface area contributed by atoms with Crippen molar-refractivity contribution in [1.29, 1.82) is 0 Å². The van der Waals surface area contributed by atoms with Gasteiger partial charge in [0.05, 0.1) is 5.02 Å². The Morgan fingerprint density at radius 2 is 2.00 bits per heavy atom. The summed E-state index contributed by atoms with van der Waals surface area (Å²) in [5.41, 5.74) is 2.49. The number of para-hydroxylation sites is 1. The summed E-state index contributed by atoms with van der Waals surface area (Å²) in [4.78, 5) is 0. The average molecular weight is 289 g/mol. The number of halogens is 1. The SMILES string of the molecule is Cc1ccc2c(COc3ccccc3Cl)csc2c1. The third kappa shape index (κ3) is 2.60. The highest BCUT2D eigenvalue weighted by Gasteiger charge is 2.06. The summed E-state index contributed by atoms with van der Waals surface area (Å²) in [5, 5.41) is 4.07. The number of hydrogen-bond acceptors (Lipinski definition) is 2. The third-order valence-corrected chi connectivity index (χ3v) is 4.34. The molecular weight excluding hydrogens is 276 g/mol. The molecule has 0 N–H and O–H groups in total. The van der Waals surface area contributed by atoms with Crippen LogP contribution < -0.4 is 4.74 Å². The van der Waals surface area contributed by atoms with Gasteiger partial charge in [-0.05, 0) is 41.5 Å². The van der Waals surface area contributed by atoms with E-state index in [1.807, 2.05) is 24.3 Å². The van der Waals surface area contributed by atoms with E-state index in [1.165, 1.54) is 21.2 Å². The maximum absolute atomic E-state index is 6.08. The molecule has 0 aliphatic carbocycles. The van der Waals surface area contributed by atoms with Gasteiger partial charge >= 0.3 is 0 Å². The van der Waals surface area contributed by atoms with Gasteiger partial charge in [-0.15, -0.1) is 11.3 Å². The average Bonchev–Trinajstić information content (AvgIpc) is 2.80. The first-order valence-electron chi connectivity index (χ1n) is 6.08. The fourth-order valence-electron chi connectivity index (χ4n) is 2.02. The van der Waals surface area contributed by atoms with Crippen molar-refractivity contribution >= 4 is 33.0 Å². The molecule has 3 rings (SSSR count). The van der Waals surface area contributed by atoms with Gasteiger partial charge in [0.1, 0.15) is 12.4 Å². The predicted molar refractivity (Wildman–Crippen MR) is 82.3 cm³/mol. The molecule has 0 aliphatic heterocycles. The Morgan fingerprint density at radius 1 is 1.16 bits per heavy atom. The first-order chi connectivity index (χ1) is 9.24. The lowest BCUT2D eigenvalue weighted by molar-refractivity contribution is 0.308. The summed E-state index contributed by atoms with van der Waals surface area (Å²) >= 11 is 7.84. The van der Waals surface area contributed by atoms with E-state index in [1.54, 1.807) is 11.3 Å². The molecule has 1 heterocycles. The molecule has 0 unspecified atom stereocenters. The topological polar surface area (TPSA) is 9.23 Å². The monoisotopic (exact) mass is 288 g/mol. The summed E-state index contributed by atoms with van der Waals surface area (Å²) in [5.74, 6) is 0.732. The molecular formula is C16H13ClOS. The van der Waals surface area contributed by atoms with Crippen LogP contribution in [0.25, 0.3) is 10.1 Å². The van der Waals surface area contributed by atoms with E-state index in [4.69, 9.17) is 16.3 Å². The zero-order valence-corrected chi connectivity index (χ0v) is 12.1. The molecule has 0 aliphatic rings. The van der Waals surface area contributed by atoms with E-state index >= 15 is 0 Å². The molecule has 0 radical (unpaired) electrons. The van der Waals surface area contributed by atoms with Gasteiger partial charge in [-0.1, -0.05) is 35.9 Å². The van der Waals surface area contributed by atoms with Gasteiger partial charge in [-0.3, -0.25) is 0 Å². The van der Waals surface area contributed by atoms with Gasteiger partial charge < -0.3 is 4.74 Å². The van der Waals surface area contributed by atoms with Crippen LogP contribution in [0.1, 0.15) is 11.1 Å². The fraction of sp³-hybridized carbons (Fsp3) is 0.125. The normalized spacial score (nSPS) is 10.8. The van der Waals surface area contributed by atoms with Crippen molar-refractivity contribution in [2.45, 2.75) is 13.5 Å². The van der Waals surface area contributed by atoms with Crippen LogP contribution in [0.15, 0.2) is 47.8 Å². The van der Waals surface area contributed by atoms with Crippen LogP contribution in [0.2, 0.25) is 5.02 Å². The fourth-order valence-corrected chi connectivity index (χ4v) is 3.25. The molecule has 0 saturated carbocycles. The van der Waals surface area contributed by atoms with Crippen LogP contribution in [-0.4, -0.2) is 0 Å². The number of fused-ring (bicyclic) bond motifs is 1. The molecule has 0 saturated heterocycles. The van der Waals surface area contributed by atoms with Crippen LogP contribution in [0.3, 0.4) is 0 Å². The molecule has 0 amide bonds. The van der Waals surface area contributed by atoms with Crippen LogP contribution in [-0.2, 0) is 6.61 Å². The van der Waals surface area contributed by atoms with Gasteiger partial charge in [-0.2, -0.15) is 0 Å². The second kappa shape index (κ2) is 5.24. The van der Waals surface area contributed by atoms with Gasteiger partial charge in [0.25, 0.3) is 0 Å². The number of aryl methyl sites for hydroxylation is 1. The molecule has 0 fully saturated rings. The summed E-state index contributed by atoms with van der Waals surface area (Å²) in [6.07, 6.45) is 0. The highest BCUT2D eigenvalue weighted by molar-refractivity contribution is 7.17. The number of hydrogen-bond donors (Lipinski definition) is 0. The molecule has 0 atom stereocenters. The second-order valence-corrected chi connectivity index (χ2v) is 5.80. The Hall–Kier alpha value is -1.51. The predicted octanol–water partition coefficient (Wildman–Crippen LogP) is 5.44. The van der Waals surface area contributed by atoms with Crippen molar-refractivity contribution in [2.24, 2.45) is 0 Å². The Balaban J connectivity index is 1.84. The highest BCUT2D eigenvalue weighted by atomic mass is 35.5. The molecule has 2 aromatic carbocycles. The van der Waals surface area contributed by atoms with Crippen molar-refractivity contribution in [2.75, 3.05) is 0 Å². The molecule has 0 spiro atoms. The van der Waals surface area contributed by atoms with Crippen molar-refractivity contribution in [3.8, 4) is 5.75 Å². The third-order valence-electron chi connectivity index (χ3n) is 3.03. The minimum Gasteiger partial charge on any atom is -0.487 e. The molecule has 3 heteroatoms. The van der Waals surface area contributed by atoms with E-state index in [0.29, 0.717) is 11.6 Å².